The molecular weight excluding hydrogens is 274 g/mol. The molecule has 0 atom stereocenters. The van der Waals surface area contributed by atoms with Gasteiger partial charge in [-0.25, -0.2) is 0 Å². The Bertz CT molecular complexity index is 646. The van der Waals surface area contributed by atoms with Crippen molar-refractivity contribution in [2.24, 2.45) is 5.73 Å². The Hall–Kier alpha value is -2.33. The Balaban J connectivity index is 1.68. The van der Waals surface area contributed by atoms with Gasteiger partial charge in [-0.05, 0) is 54.8 Å². The summed E-state index contributed by atoms with van der Waals surface area (Å²) in [6.07, 6.45) is 2.52. The van der Waals surface area contributed by atoms with Gasteiger partial charge in [0.25, 0.3) is 5.91 Å². The van der Waals surface area contributed by atoms with Gasteiger partial charge >= 0.3 is 0 Å². The van der Waals surface area contributed by atoms with Crippen LogP contribution in [0.15, 0.2) is 48.5 Å². The van der Waals surface area contributed by atoms with Gasteiger partial charge in [-0.3, -0.25) is 4.79 Å². The number of hydrogen-bond acceptors (Lipinski definition) is 3. The maximum atomic E-state index is 12.3. The molecule has 1 saturated heterocycles. The van der Waals surface area contributed by atoms with Gasteiger partial charge < -0.3 is 16.0 Å². The van der Waals surface area contributed by atoms with Crippen LogP contribution in [-0.2, 0) is 6.54 Å². The highest BCUT2D eigenvalue weighted by Gasteiger charge is 2.12. The van der Waals surface area contributed by atoms with Gasteiger partial charge in [-0.2, -0.15) is 0 Å². The monoisotopic (exact) mass is 295 g/mol. The lowest BCUT2D eigenvalue weighted by molar-refractivity contribution is 0.102. The van der Waals surface area contributed by atoms with Crippen molar-refractivity contribution in [1.29, 1.82) is 0 Å². The number of amides is 1. The minimum Gasteiger partial charge on any atom is -0.372 e. The molecule has 0 aromatic heterocycles. The van der Waals surface area contributed by atoms with Gasteiger partial charge in [0.05, 0.1) is 0 Å². The van der Waals surface area contributed by atoms with Gasteiger partial charge in [0.15, 0.2) is 0 Å². The molecule has 1 aliphatic rings. The van der Waals surface area contributed by atoms with Crippen LogP contribution in [-0.4, -0.2) is 19.0 Å². The molecule has 114 valence electrons. The van der Waals surface area contributed by atoms with Crippen LogP contribution in [0.2, 0.25) is 0 Å². The summed E-state index contributed by atoms with van der Waals surface area (Å²) in [5, 5.41) is 2.93. The first-order valence-electron chi connectivity index (χ1n) is 7.71. The van der Waals surface area contributed by atoms with E-state index in [0.717, 1.165) is 24.3 Å². The summed E-state index contributed by atoms with van der Waals surface area (Å²) in [6.45, 7) is 2.68. The van der Waals surface area contributed by atoms with Crippen molar-refractivity contribution in [2.45, 2.75) is 19.4 Å². The van der Waals surface area contributed by atoms with E-state index in [-0.39, 0.29) is 5.91 Å². The van der Waals surface area contributed by atoms with Gasteiger partial charge in [-0.1, -0.05) is 12.1 Å². The highest BCUT2D eigenvalue weighted by atomic mass is 16.1. The van der Waals surface area contributed by atoms with Gasteiger partial charge in [0.1, 0.15) is 0 Å². The van der Waals surface area contributed by atoms with E-state index in [1.54, 1.807) is 6.07 Å². The Labute approximate surface area is 130 Å². The first kappa shape index (κ1) is 14.6. The molecular formula is C18H21N3O. The Morgan fingerprint density at radius 2 is 1.82 bits per heavy atom. The number of nitrogens with one attached hydrogen (secondary N) is 1. The van der Waals surface area contributed by atoms with Crippen molar-refractivity contribution in [1.82, 2.24) is 0 Å². The fourth-order valence-electron chi connectivity index (χ4n) is 2.77. The van der Waals surface area contributed by atoms with E-state index in [1.807, 2.05) is 30.3 Å². The van der Waals surface area contributed by atoms with Crippen molar-refractivity contribution in [3.05, 3.63) is 59.7 Å². The lowest BCUT2D eigenvalue weighted by Crippen LogP contribution is -2.17. The van der Waals surface area contributed by atoms with E-state index in [1.165, 1.54) is 18.5 Å². The summed E-state index contributed by atoms with van der Waals surface area (Å²) in [4.78, 5) is 14.6. The molecule has 1 fully saturated rings. The zero-order chi connectivity index (χ0) is 15.4. The predicted octanol–water partition coefficient (Wildman–Crippen LogP) is 3.00. The molecule has 3 rings (SSSR count). The fourth-order valence-corrected chi connectivity index (χ4v) is 2.77. The maximum absolute atomic E-state index is 12.3. The Morgan fingerprint density at radius 1 is 1.09 bits per heavy atom. The van der Waals surface area contributed by atoms with Crippen LogP contribution in [0.1, 0.15) is 28.8 Å². The van der Waals surface area contributed by atoms with Gasteiger partial charge in [0, 0.05) is 36.6 Å². The molecule has 0 aliphatic carbocycles. The van der Waals surface area contributed by atoms with Crippen LogP contribution >= 0.6 is 0 Å². The summed E-state index contributed by atoms with van der Waals surface area (Å²) in [7, 11) is 0. The second-order valence-corrected chi connectivity index (χ2v) is 5.60. The van der Waals surface area contributed by atoms with Crippen molar-refractivity contribution in [2.75, 3.05) is 23.3 Å². The van der Waals surface area contributed by atoms with Crippen LogP contribution in [0, 0.1) is 0 Å². The summed E-state index contributed by atoms with van der Waals surface area (Å²) >= 11 is 0. The van der Waals surface area contributed by atoms with E-state index in [0.29, 0.717) is 12.1 Å². The largest absolute Gasteiger partial charge is 0.372 e. The number of carbonyl (C=O) groups is 1. The molecule has 0 bridgehead atoms. The summed E-state index contributed by atoms with van der Waals surface area (Å²) in [6, 6.07) is 15.4. The minimum atomic E-state index is -0.107. The van der Waals surface area contributed by atoms with Crippen LogP contribution in [0.4, 0.5) is 11.4 Å². The molecule has 4 nitrogen and oxygen atoms in total. The van der Waals surface area contributed by atoms with Crippen molar-refractivity contribution < 1.29 is 4.79 Å². The normalized spacial score (nSPS) is 14.1. The number of benzene rings is 2. The zero-order valence-corrected chi connectivity index (χ0v) is 12.6. The summed E-state index contributed by atoms with van der Waals surface area (Å²) < 4.78 is 0. The fraction of sp³-hybridized carbons (Fsp3) is 0.278. The van der Waals surface area contributed by atoms with Crippen molar-refractivity contribution in [3.63, 3.8) is 0 Å². The molecule has 22 heavy (non-hydrogen) atoms. The lowest BCUT2D eigenvalue weighted by atomic mass is 10.1. The molecule has 3 N–H and O–H groups in total. The quantitative estimate of drug-likeness (QED) is 0.911. The molecule has 0 saturated carbocycles. The first-order valence-corrected chi connectivity index (χ1v) is 7.71. The molecule has 0 unspecified atom stereocenters. The highest BCUT2D eigenvalue weighted by molar-refractivity contribution is 6.04. The summed E-state index contributed by atoms with van der Waals surface area (Å²) in [5.74, 6) is -0.107. The molecule has 1 amide bonds. The molecule has 1 aliphatic heterocycles. The third-order valence-corrected chi connectivity index (χ3v) is 4.02. The van der Waals surface area contributed by atoms with Crippen LogP contribution in [0.5, 0.6) is 0 Å². The molecule has 0 spiro atoms. The van der Waals surface area contributed by atoms with Crippen LogP contribution in [0.25, 0.3) is 0 Å². The molecule has 0 radical (unpaired) electrons. The predicted molar refractivity (Wildman–Crippen MR) is 90.2 cm³/mol. The Morgan fingerprint density at radius 3 is 2.50 bits per heavy atom. The van der Waals surface area contributed by atoms with Crippen molar-refractivity contribution >= 4 is 17.3 Å². The van der Waals surface area contributed by atoms with E-state index < -0.39 is 0 Å². The minimum absolute atomic E-state index is 0.107. The van der Waals surface area contributed by atoms with Crippen LogP contribution in [0.3, 0.4) is 0 Å². The third kappa shape index (κ3) is 3.28. The number of carbonyl (C=O) groups excluding carboxylic acids is 1. The SMILES string of the molecule is NCc1cccc(C(=O)Nc2ccc(N3CCCC3)cc2)c1. The van der Waals surface area contributed by atoms with Crippen molar-refractivity contribution in [3.8, 4) is 0 Å². The number of anilines is 2. The third-order valence-electron chi connectivity index (χ3n) is 4.02. The lowest BCUT2D eigenvalue weighted by Gasteiger charge is -2.17. The van der Waals surface area contributed by atoms with Gasteiger partial charge in [0.2, 0.25) is 0 Å². The highest BCUT2D eigenvalue weighted by Crippen LogP contribution is 2.22. The number of nitrogens with two attached hydrogens (primary N) is 1. The summed E-state index contributed by atoms with van der Waals surface area (Å²) in [5.41, 5.74) is 9.23. The van der Waals surface area contributed by atoms with E-state index in [2.05, 4.69) is 22.3 Å². The number of rotatable bonds is 4. The topological polar surface area (TPSA) is 58.4 Å². The average molecular weight is 295 g/mol. The smallest absolute Gasteiger partial charge is 0.255 e. The van der Waals surface area contributed by atoms with E-state index in [9.17, 15) is 4.79 Å². The van der Waals surface area contributed by atoms with E-state index >= 15 is 0 Å². The number of nitrogens with zero attached hydrogens (tertiary/aromatic N) is 1. The molecule has 2 aromatic carbocycles. The van der Waals surface area contributed by atoms with E-state index in [4.69, 9.17) is 5.73 Å². The Kier molecular flexibility index (Phi) is 4.39. The average Bonchev–Trinajstić information content (AvgIpc) is 3.10. The molecule has 1 heterocycles. The zero-order valence-electron chi connectivity index (χ0n) is 12.6. The first-order chi connectivity index (χ1) is 10.8. The molecule has 2 aromatic rings. The second-order valence-electron chi connectivity index (χ2n) is 5.60. The maximum Gasteiger partial charge on any atom is 0.255 e. The second kappa shape index (κ2) is 6.62. The van der Waals surface area contributed by atoms with Gasteiger partial charge in [-0.15, -0.1) is 0 Å². The van der Waals surface area contributed by atoms with Crippen LogP contribution < -0.4 is 16.0 Å². The standard InChI is InChI=1S/C18H21N3O/c19-13-14-4-3-5-15(12-14)18(22)20-16-6-8-17(9-7-16)21-10-1-2-11-21/h3-9,12H,1-2,10-11,13,19H2,(H,20,22). The molecule has 4 heteroatoms. The number of hydrogen-bond donors (Lipinski definition) is 2.